The SMILES string of the molecule is Cc1cc(C[C@H](C)N)no1. The van der Waals surface area contributed by atoms with E-state index in [1.807, 2.05) is 19.9 Å². The third-order valence-corrected chi connectivity index (χ3v) is 1.21. The van der Waals surface area contributed by atoms with Crippen LogP contribution in [0.15, 0.2) is 10.6 Å². The smallest absolute Gasteiger partial charge is 0.133 e. The Hall–Kier alpha value is -0.830. The summed E-state index contributed by atoms with van der Waals surface area (Å²) in [4.78, 5) is 0. The molecule has 0 radical (unpaired) electrons. The maximum Gasteiger partial charge on any atom is 0.133 e. The molecule has 0 amide bonds. The number of hydrogen-bond donors (Lipinski definition) is 1. The summed E-state index contributed by atoms with van der Waals surface area (Å²) in [6.07, 6.45) is 0.789. The van der Waals surface area contributed by atoms with Gasteiger partial charge in [0.25, 0.3) is 0 Å². The molecule has 1 aromatic heterocycles. The number of aryl methyl sites for hydroxylation is 1. The Morgan fingerprint density at radius 2 is 2.50 bits per heavy atom. The Balaban J connectivity index is 2.58. The number of nitrogens with zero attached hydrogens (tertiary/aromatic N) is 1. The highest BCUT2D eigenvalue weighted by Crippen LogP contribution is 2.02. The molecule has 0 saturated heterocycles. The van der Waals surface area contributed by atoms with E-state index in [0.717, 1.165) is 17.9 Å². The molecule has 3 heteroatoms. The van der Waals surface area contributed by atoms with Gasteiger partial charge in [0.05, 0.1) is 5.69 Å². The van der Waals surface area contributed by atoms with Gasteiger partial charge in [-0.25, -0.2) is 0 Å². The summed E-state index contributed by atoms with van der Waals surface area (Å²) in [5.41, 5.74) is 6.49. The number of hydrogen-bond acceptors (Lipinski definition) is 3. The highest BCUT2D eigenvalue weighted by molar-refractivity contribution is 5.04. The van der Waals surface area contributed by atoms with Crippen molar-refractivity contribution in [3.63, 3.8) is 0 Å². The van der Waals surface area contributed by atoms with Gasteiger partial charge in [-0.2, -0.15) is 0 Å². The van der Waals surface area contributed by atoms with Crippen LogP contribution < -0.4 is 5.73 Å². The molecule has 0 aromatic carbocycles. The van der Waals surface area contributed by atoms with E-state index >= 15 is 0 Å². The molecule has 1 rings (SSSR count). The van der Waals surface area contributed by atoms with E-state index in [2.05, 4.69) is 5.16 Å². The molecule has 0 bridgehead atoms. The van der Waals surface area contributed by atoms with Crippen molar-refractivity contribution in [2.24, 2.45) is 5.73 Å². The van der Waals surface area contributed by atoms with Crippen molar-refractivity contribution in [1.82, 2.24) is 5.16 Å². The van der Waals surface area contributed by atoms with Gasteiger partial charge in [0.2, 0.25) is 0 Å². The van der Waals surface area contributed by atoms with E-state index in [-0.39, 0.29) is 6.04 Å². The summed E-state index contributed by atoms with van der Waals surface area (Å²) in [6, 6.07) is 2.06. The Kier molecular flexibility index (Phi) is 2.06. The number of rotatable bonds is 2. The van der Waals surface area contributed by atoms with Crippen molar-refractivity contribution in [3.05, 3.63) is 17.5 Å². The van der Waals surface area contributed by atoms with Crippen LogP contribution in [0.3, 0.4) is 0 Å². The van der Waals surface area contributed by atoms with E-state index in [4.69, 9.17) is 10.3 Å². The monoisotopic (exact) mass is 140 g/mol. The molecule has 2 N–H and O–H groups in total. The van der Waals surface area contributed by atoms with Crippen molar-refractivity contribution >= 4 is 0 Å². The highest BCUT2D eigenvalue weighted by atomic mass is 16.5. The van der Waals surface area contributed by atoms with Crippen molar-refractivity contribution in [3.8, 4) is 0 Å². The molecule has 0 aliphatic heterocycles. The molecule has 0 aliphatic carbocycles. The van der Waals surface area contributed by atoms with Crippen LogP contribution in [0.25, 0.3) is 0 Å². The molecule has 1 heterocycles. The van der Waals surface area contributed by atoms with E-state index in [9.17, 15) is 0 Å². The van der Waals surface area contributed by atoms with Crippen molar-refractivity contribution in [2.45, 2.75) is 26.3 Å². The van der Waals surface area contributed by atoms with Gasteiger partial charge >= 0.3 is 0 Å². The van der Waals surface area contributed by atoms with Crippen LogP contribution in [0.5, 0.6) is 0 Å². The summed E-state index contributed by atoms with van der Waals surface area (Å²) < 4.78 is 4.86. The van der Waals surface area contributed by atoms with Gasteiger partial charge in [0.1, 0.15) is 5.76 Å². The predicted molar refractivity (Wildman–Crippen MR) is 38.6 cm³/mol. The average Bonchev–Trinajstić information content (AvgIpc) is 2.13. The van der Waals surface area contributed by atoms with E-state index in [1.54, 1.807) is 0 Å². The first-order valence-electron chi connectivity index (χ1n) is 3.36. The zero-order valence-corrected chi connectivity index (χ0v) is 6.29. The molecule has 10 heavy (non-hydrogen) atoms. The fourth-order valence-corrected chi connectivity index (χ4v) is 0.844. The molecule has 1 aromatic rings. The molecule has 0 saturated carbocycles. The predicted octanol–water partition coefficient (Wildman–Crippen LogP) is 0.873. The summed E-state index contributed by atoms with van der Waals surface area (Å²) in [7, 11) is 0. The maximum absolute atomic E-state index is 5.55. The largest absolute Gasteiger partial charge is 0.361 e. The van der Waals surface area contributed by atoms with Crippen LogP contribution in [0.4, 0.5) is 0 Å². The fourth-order valence-electron chi connectivity index (χ4n) is 0.844. The molecule has 0 spiro atoms. The van der Waals surface area contributed by atoms with Crippen LogP contribution in [-0.4, -0.2) is 11.2 Å². The molecule has 0 unspecified atom stereocenters. The van der Waals surface area contributed by atoms with Crippen LogP contribution >= 0.6 is 0 Å². The zero-order valence-electron chi connectivity index (χ0n) is 6.29. The van der Waals surface area contributed by atoms with Crippen LogP contribution in [-0.2, 0) is 6.42 Å². The Morgan fingerprint density at radius 3 is 2.90 bits per heavy atom. The minimum atomic E-state index is 0.157. The topological polar surface area (TPSA) is 52.0 Å². The maximum atomic E-state index is 5.55. The van der Waals surface area contributed by atoms with Gasteiger partial charge in [-0.05, 0) is 13.8 Å². The van der Waals surface area contributed by atoms with Gasteiger partial charge in [-0.1, -0.05) is 5.16 Å². The van der Waals surface area contributed by atoms with E-state index < -0.39 is 0 Å². The first kappa shape index (κ1) is 7.28. The van der Waals surface area contributed by atoms with Crippen molar-refractivity contribution in [1.29, 1.82) is 0 Å². The van der Waals surface area contributed by atoms with Crippen molar-refractivity contribution < 1.29 is 4.52 Å². The second-order valence-corrected chi connectivity index (χ2v) is 2.61. The second kappa shape index (κ2) is 2.84. The minimum Gasteiger partial charge on any atom is -0.361 e. The Bertz CT molecular complexity index is 205. The Morgan fingerprint density at radius 1 is 1.80 bits per heavy atom. The lowest BCUT2D eigenvalue weighted by molar-refractivity contribution is 0.389. The summed E-state index contributed by atoms with van der Waals surface area (Å²) >= 11 is 0. The average molecular weight is 140 g/mol. The highest BCUT2D eigenvalue weighted by Gasteiger charge is 2.01. The molecular weight excluding hydrogens is 128 g/mol. The van der Waals surface area contributed by atoms with Gasteiger partial charge in [0, 0.05) is 18.5 Å². The van der Waals surface area contributed by atoms with E-state index in [0.29, 0.717) is 0 Å². The summed E-state index contributed by atoms with van der Waals surface area (Å²) in [6.45, 7) is 3.82. The van der Waals surface area contributed by atoms with Gasteiger partial charge in [0.15, 0.2) is 0 Å². The molecular formula is C7H12N2O. The lowest BCUT2D eigenvalue weighted by atomic mass is 10.2. The quantitative estimate of drug-likeness (QED) is 0.663. The van der Waals surface area contributed by atoms with Gasteiger partial charge in [-0.15, -0.1) is 0 Å². The zero-order chi connectivity index (χ0) is 7.56. The standard InChI is InChI=1S/C7H12N2O/c1-5(8)3-7-4-6(2)10-9-7/h4-5H,3,8H2,1-2H3/t5-/m0/s1. The van der Waals surface area contributed by atoms with Gasteiger partial charge in [-0.3, -0.25) is 0 Å². The van der Waals surface area contributed by atoms with Gasteiger partial charge < -0.3 is 10.3 Å². The minimum absolute atomic E-state index is 0.157. The van der Waals surface area contributed by atoms with E-state index in [1.165, 1.54) is 0 Å². The summed E-state index contributed by atoms with van der Waals surface area (Å²) in [5, 5.41) is 3.80. The number of nitrogens with two attached hydrogens (primary N) is 1. The van der Waals surface area contributed by atoms with Crippen molar-refractivity contribution in [2.75, 3.05) is 0 Å². The lowest BCUT2D eigenvalue weighted by Crippen LogP contribution is -2.17. The van der Waals surface area contributed by atoms with Crippen LogP contribution in [0.2, 0.25) is 0 Å². The Labute approximate surface area is 60.2 Å². The summed E-state index contributed by atoms with van der Waals surface area (Å²) in [5.74, 6) is 0.843. The molecule has 1 atom stereocenters. The van der Waals surface area contributed by atoms with Crippen LogP contribution in [0, 0.1) is 6.92 Å². The lowest BCUT2D eigenvalue weighted by Gasteiger charge is -1.97. The first-order chi connectivity index (χ1) is 4.68. The third kappa shape index (κ3) is 1.84. The number of aromatic nitrogens is 1. The molecule has 56 valence electrons. The molecule has 3 nitrogen and oxygen atoms in total. The molecule has 0 fully saturated rings. The van der Waals surface area contributed by atoms with Crippen LogP contribution in [0.1, 0.15) is 18.4 Å². The third-order valence-electron chi connectivity index (χ3n) is 1.21. The second-order valence-electron chi connectivity index (χ2n) is 2.61. The fraction of sp³-hybridized carbons (Fsp3) is 0.571. The first-order valence-corrected chi connectivity index (χ1v) is 3.36. The molecule has 0 aliphatic rings. The normalized spacial score (nSPS) is 13.5.